The molecule has 0 amide bonds. The summed E-state index contributed by atoms with van der Waals surface area (Å²) in [5.74, 6) is 1.21. The highest BCUT2D eigenvalue weighted by molar-refractivity contribution is 5.36. The largest absolute Gasteiger partial charge is 0.508 e. The van der Waals surface area contributed by atoms with Gasteiger partial charge in [-0.2, -0.15) is 0 Å². The van der Waals surface area contributed by atoms with E-state index in [0.717, 1.165) is 12.3 Å². The molecule has 64 valence electrons. The number of rotatable bonds is 0. The number of hydrogen-bond donors (Lipinski definition) is 1. The average molecular weight is 162 g/mol. The van der Waals surface area contributed by atoms with Gasteiger partial charge < -0.3 is 5.11 Å². The molecule has 1 aromatic rings. The molecule has 0 bridgehead atoms. The predicted molar refractivity (Wildman–Crippen MR) is 49.3 cm³/mol. The van der Waals surface area contributed by atoms with Crippen LogP contribution in [0.1, 0.15) is 24.5 Å². The molecule has 2 rings (SSSR count). The Kier molecular flexibility index (Phi) is 1.80. The van der Waals surface area contributed by atoms with Crippen molar-refractivity contribution in [2.24, 2.45) is 5.92 Å². The van der Waals surface area contributed by atoms with E-state index in [0.29, 0.717) is 5.75 Å². The first-order valence-corrected chi connectivity index (χ1v) is 4.56. The number of fused-ring (bicyclic) bond motifs is 1. The first kappa shape index (κ1) is 7.66. The molecule has 0 aliphatic heterocycles. The van der Waals surface area contributed by atoms with Crippen molar-refractivity contribution >= 4 is 0 Å². The van der Waals surface area contributed by atoms with Gasteiger partial charge in [0.15, 0.2) is 0 Å². The van der Waals surface area contributed by atoms with Gasteiger partial charge in [0.05, 0.1) is 0 Å². The fourth-order valence-electron chi connectivity index (χ4n) is 1.92. The molecule has 1 heteroatoms. The molecule has 0 aromatic heterocycles. The molecule has 0 unspecified atom stereocenters. The van der Waals surface area contributed by atoms with E-state index in [9.17, 15) is 5.11 Å². The van der Waals surface area contributed by atoms with Crippen molar-refractivity contribution in [2.45, 2.75) is 26.2 Å². The van der Waals surface area contributed by atoms with Gasteiger partial charge in [0, 0.05) is 0 Å². The second kappa shape index (κ2) is 2.81. The molecular formula is C11H14O. The summed E-state index contributed by atoms with van der Waals surface area (Å²) in [6, 6.07) is 5.75. The molecular weight excluding hydrogens is 148 g/mol. The summed E-state index contributed by atoms with van der Waals surface area (Å²) < 4.78 is 0. The smallest absolute Gasteiger partial charge is 0.115 e. The Bertz CT molecular complexity index is 291. The van der Waals surface area contributed by atoms with Crippen molar-refractivity contribution in [3.05, 3.63) is 29.3 Å². The maximum atomic E-state index is 9.25. The maximum absolute atomic E-state index is 9.25. The average Bonchev–Trinajstić information content (AvgIpc) is 2.05. The molecule has 0 spiro atoms. The lowest BCUT2D eigenvalue weighted by Gasteiger charge is -2.21. The van der Waals surface area contributed by atoms with Crippen LogP contribution in [0.4, 0.5) is 0 Å². The Morgan fingerprint density at radius 2 is 2.17 bits per heavy atom. The van der Waals surface area contributed by atoms with E-state index in [1.54, 1.807) is 6.07 Å². The van der Waals surface area contributed by atoms with Gasteiger partial charge in [-0.3, -0.25) is 0 Å². The molecule has 0 saturated carbocycles. The Hall–Kier alpha value is -0.980. The first-order valence-electron chi connectivity index (χ1n) is 4.56. The summed E-state index contributed by atoms with van der Waals surface area (Å²) in [5, 5.41) is 9.25. The van der Waals surface area contributed by atoms with Crippen molar-refractivity contribution in [3.8, 4) is 5.75 Å². The van der Waals surface area contributed by atoms with Crippen LogP contribution in [0.2, 0.25) is 0 Å². The zero-order valence-electron chi connectivity index (χ0n) is 7.38. The first-order chi connectivity index (χ1) is 5.75. The van der Waals surface area contributed by atoms with E-state index >= 15 is 0 Å². The van der Waals surface area contributed by atoms with Crippen LogP contribution in [0, 0.1) is 5.92 Å². The molecule has 1 aromatic carbocycles. The van der Waals surface area contributed by atoms with Crippen LogP contribution in [0.15, 0.2) is 18.2 Å². The van der Waals surface area contributed by atoms with E-state index in [4.69, 9.17) is 0 Å². The summed E-state index contributed by atoms with van der Waals surface area (Å²) in [4.78, 5) is 0. The number of aromatic hydroxyl groups is 1. The van der Waals surface area contributed by atoms with E-state index in [-0.39, 0.29) is 0 Å². The number of benzene rings is 1. The van der Waals surface area contributed by atoms with Gasteiger partial charge in [0.1, 0.15) is 5.75 Å². The van der Waals surface area contributed by atoms with Crippen molar-refractivity contribution < 1.29 is 5.11 Å². The third-order valence-corrected chi connectivity index (χ3v) is 2.66. The van der Waals surface area contributed by atoms with Gasteiger partial charge in [0.25, 0.3) is 0 Å². The quantitative estimate of drug-likeness (QED) is 0.621. The van der Waals surface area contributed by atoms with E-state index in [1.165, 1.54) is 24.0 Å². The van der Waals surface area contributed by atoms with Crippen LogP contribution in [0.5, 0.6) is 5.75 Å². The van der Waals surface area contributed by atoms with Crippen molar-refractivity contribution in [3.63, 3.8) is 0 Å². The van der Waals surface area contributed by atoms with Crippen LogP contribution in [-0.4, -0.2) is 5.11 Å². The Morgan fingerprint density at radius 3 is 3.00 bits per heavy atom. The highest BCUT2D eigenvalue weighted by Crippen LogP contribution is 2.27. The summed E-state index contributed by atoms with van der Waals surface area (Å²) in [6.45, 7) is 2.29. The molecule has 1 aliphatic carbocycles. The Morgan fingerprint density at radius 1 is 1.33 bits per heavy atom. The second-order valence-corrected chi connectivity index (χ2v) is 3.80. The van der Waals surface area contributed by atoms with Crippen LogP contribution >= 0.6 is 0 Å². The highest BCUT2D eigenvalue weighted by atomic mass is 16.3. The van der Waals surface area contributed by atoms with E-state index < -0.39 is 0 Å². The minimum atomic E-state index is 0.406. The third kappa shape index (κ3) is 1.31. The van der Waals surface area contributed by atoms with Crippen LogP contribution in [-0.2, 0) is 12.8 Å². The zero-order chi connectivity index (χ0) is 8.55. The summed E-state index contributed by atoms with van der Waals surface area (Å²) in [7, 11) is 0. The summed E-state index contributed by atoms with van der Waals surface area (Å²) in [6.07, 6.45) is 3.57. The SMILES string of the molecule is C[C@@H]1CCc2cc(O)ccc2C1. The molecule has 0 heterocycles. The van der Waals surface area contributed by atoms with Gasteiger partial charge in [0.2, 0.25) is 0 Å². The lowest BCUT2D eigenvalue weighted by Crippen LogP contribution is -2.10. The van der Waals surface area contributed by atoms with Crippen molar-refractivity contribution in [1.82, 2.24) is 0 Å². The number of aryl methyl sites for hydroxylation is 1. The molecule has 1 aliphatic rings. The lowest BCUT2D eigenvalue weighted by atomic mass is 9.85. The summed E-state index contributed by atoms with van der Waals surface area (Å²) >= 11 is 0. The minimum Gasteiger partial charge on any atom is -0.508 e. The standard InChI is InChI=1S/C11H14O/c1-8-2-3-10-7-11(12)5-4-9(10)6-8/h4-5,7-8,12H,2-3,6H2,1H3/t8-/m1/s1. The molecule has 12 heavy (non-hydrogen) atoms. The molecule has 1 nitrogen and oxygen atoms in total. The highest BCUT2D eigenvalue weighted by Gasteiger charge is 2.14. The maximum Gasteiger partial charge on any atom is 0.115 e. The van der Waals surface area contributed by atoms with Crippen LogP contribution in [0.25, 0.3) is 0 Å². The number of hydrogen-bond acceptors (Lipinski definition) is 1. The topological polar surface area (TPSA) is 20.2 Å². The third-order valence-electron chi connectivity index (χ3n) is 2.66. The number of phenols is 1. The van der Waals surface area contributed by atoms with Gasteiger partial charge in [-0.15, -0.1) is 0 Å². The molecule has 0 fully saturated rings. The van der Waals surface area contributed by atoms with E-state index in [1.807, 2.05) is 6.07 Å². The van der Waals surface area contributed by atoms with Gasteiger partial charge in [-0.1, -0.05) is 13.0 Å². The monoisotopic (exact) mass is 162 g/mol. The van der Waals surface area contributed by atoms with Crippen molar-refractivity contribution in [2.75, 3.05) is 0 Å². The minimum absolute atomic E-state index is 0.406. The zero-order valence-corrected chi connectivity index (χ0v) is 7.38. The van der Waals surface area contributed by atoms with Crippen molar-refractivity contribution in [1.29, 1.82) is 0 Å². The fourth-order valence-corrected chi connectivity index (χ4v) is 1.92. The summed E-state index contributed by atoms with van der Waals surface area (Å²) in [5.41, 5.74) is 2.76. The second-order valence-electron chi connectivity index (χ2n) is 3.80. The molecule has 1 atom stereocenters. The van der Waals surface area contributed by atoms with Gasteiger partial charge in [-0.25, -0.2) is 0 Å². The van der Waals surface area contributed by atoms with Crippen LogP contribution < -0.4 is 0 Å². The molecule has 0 saturated heterocycles. The predicted octanol–water partition coefficient (Wildman–Crippen LogP) is 2.52. The normalized spacial score (nSPS) is 21.9. The van der Waals surface area contributed by atoms with Gasteiger partial charge >= 0.3 is 0 Å². The fraction of sp³-hybridized carbons (Fsp3) is 0.455. The Labute approximate surface area is 73.0 Å². The van der Waals surface area contributed by atoms with E-state index in [2.05, 4.69) is 13.0 Å². The Balaban J connectivity index is 2.37. The van der Waals surface area contributed by atoms with Gasteiger partial charge in [-0.05, 0) is 48.4 Å². The molecule has 1 N–H and O–H groups in total. The number of phenolic OH excluding ortho intramolecular Hbond substituents is 1. The molecule has 0 radical (unpaired) electrons. The lowest BCUT2D eigenvalue weighted by molar-refractivity contribution is 0.466. The van der Waals surface area contributed by atoms with Crippen LogP contribution in [0.3, 0.4) is 0 Å².